The maximum absolute atomic E-state index is 12.4. The summed E-state index contributed by atoms with van der Waals surface area (Å²) in [5, 5.41) is 14.2. The number of halogens is 1. The van der Waals surface area contributed by atoms with E-state index in [1.165, 1.54) is 24.4 Å². The zero-order chi connectivity index (χ0) is 15.8. The van der Waals surface area contributed by atoms with Gasteiger partial charge >= 0.3 is 0 Å². The first kappa shape index (κ1) is 15.7. The number of aromatic hydroxyl groups is 1. The predicted octanol–water partition coefficient (Wildman–Crippen LogP) is 2.93. The summed E-state index contributed by atoms with van der Waals surface area (Å²) in [4.78, 5) is 0.0653. The van der Waals surface area contributed by atoms with E-state index < -0.39 is 10.0 Å². The van der Waals surface area contributed by atoms with E-state index in [1.54, 1.807) is 11.6 Å². The first-order valence-corrected chi connectivity index (χ1v) is 8.14. The molecule has 0 atom stereocenters. The molecule has 0 spiro atoms. The molecule has 2 N–H and O–H groups in total. The number of hydrogen-bond acceptors (Lipinski definition) is 4. The van der Waals surface area contributed by atoms with Crippen LogP contribution in [0.2, 0.25) is 5.02 Å². The second kappa shape index (κ2) is 5.57. The van der Waals surface area contributed by atoms with Crippen LogP contribution in [0.5, 0.6) is 5.75 Å². The van der Waals surface area contributed by atoms with Gasteiger partial charge in [-0.15, -0.1) is 0 Å². The number of aromatic nitrogens is 2. The van der Waals surface area contributed by atoms with Crippen LogP contribution in [0.3, 0.4) is 0 Å². The minimum atomic E-state index is -3.85. The highest BCUT2D eigenvalue weighted by Gasteiger charge is 2.22. The lowest BCUT2D eigenvalue weighted by molar-refractivity contribution is 0.477. The van der Waals surface area contributed by atoms with E-state index >= 15 is 0 Å². The fourth-order valence-electron chi connectivity index (χ4n) is 1.78. The van der Waals surface area contributed by atoms with E-state index in [0.717, 1.165) is 0 Å². The SMILES string of the molecule is Cc1nn(C(C)C)cc1S(=O)(=O)Nc1cc(Cl)ccc1O. The molecule has 0 aliphatic carbocycles. The third-order valence-corrected chi connectivity index (χ3v) is 4.60. The van der Waals surface area contributed by atoms with Gasteiger partial charge in [-0.1, -0.05) is 11.6 Å². The van der Waals surface area contributed by atoms with Crippen LogP contribution in [0, 0.1) is 6.92 Å². The number of benzene rings is 1. The summed E-state index contributed by atoms with van der Waals surface area (Å²) in [5.41, 5.74) is 0.414. The minimum Gasteiger partial charge on any atom is -0.506 e. The Hall–Kier alpha value is -1.73. The lowest BCUT2D eigenvalue weighted by Gasteiger charge is -2.09. The Labute approximate surface area is 128 Å². The fraction of sp³-hybridized carbons (Fsp3) is 0.308. The molecule has 0 bridgehead atoms. The predicted molar refractivity (Wildman–Crippen MR) is 81.3 cm³/mol. The van der Waals surface area contributed by atoms with E-state index in [9.17, 15) is 13.5 Å². The average Bonchev–Trinajstić information content (AvgIpc) is 2.77. The van der Waals surface area contributed by atoms with Crippen LogP contribution in [0.1, 0.15) is 25.6 Å². The molecule has 0 fully saturated rings. The van der Waals surface area contributed by atoms with Crippen LogP contribution in [0.15, 0.2) is 29.3 Å². The van der Waals surface area contributed by atoms with E-state index in [-0.39, 0.29) is 22.4 Å². The van der Waals surface area contributed by atoms with E-state index in [2.05, 4.69) is 9.82 Å². The third-order valence-electron chi connectivity index (χ3n) is 2.89. The Morgan fingerprint density at radius 2 is 2.05 bits per heavy atom. The maximum atomic E-state index is 12.4. The molecule has 0 saturated heterocycles. The molecule has 6 nitrogen and oxygen atoms in total. The largest absolute Gasteiger partial charge is 0.506 e. The molecule has 0 amide bonds. The summed E-state index contributed by atoms with van der Waals surface area (Å²) >= 11 is 5.81. The summed E-state index contributed by atoms with van der Waals surface area (Å²) in [6.07, 6.45) is 1.46. The Kier molecular flexibility index (Phi) is 4.15. The fourth-order valence-corrected chi connectivity index (χ4v) is 3.19. The van der Waals surface area contributed by atoms with Crippen molar-refractivity contribution in [3.8, 4) is 5.75 Å². The Morgan fingerprint density at radius 1 is 1.38 bits per heavy atom. The van der Waals surface area contributed by atoms with Crippen molar-refractivity contribution >= 4 is 27.3 Å². The lowest BCUT2D eigenvalue weighted by Crippen LogP contribution is -2.13. The summed E-state index contributed by atoms with van der Waals surface area (Å²) in [6.45, 7) is 5.42. The maximum Gasteiger partial charge on any atom is 0.265 e. The van der Waals surface area contributed by atoms with Gasteiger partial charge in [0.1, 0.15) is 10.6 Å². The highest BCUT2D eigenvalue weighted by molar-refractivity contribution is 7.92. The molecule has 0 unspecified atom stereocenters. The Balaban J connectivity index is 2.41. The second-order valence-electron chi connectivity index (χ2n) is 4.92. The molecule has 114 valence electrons. The Bertz CT molecular complexity index is 769. The molecule has 0 radical (unpaired) electrons. The molecule has 2 aromatic rings. The highest BCUT2D eigenvalue weighted by atomic mass is 35.5. The zero-order valence-electron chi connectivity index (χ0n) is 11.8. The van der Waals surface area contributed by atoms with Crippen LogP contribution in [-0.4, -0.2) is 23.3 Å². The number of nitrogens with zero attached hydrogens (tertiary/aromatic N) is 2. The summed E-state index contributed by atoms with van der Waals surface area (Å²) in [6, 6.07) is 4.19. The van der Waals surface area contributed by atoms with Crippen molar-refractivity contribution < 1.29 is 13.5 Å². The second-order valence-corrected chi connectivity index (χ2v) is 7.01. The molecule has 2 rings (SSSR count). The highest BCUT2D eigenvalue weighted by Crippen LogP contribution is 2.29. The number of nitrogens with one attached hydrogen (secondary N) is 1. The standard InChI is InChI=1S/C13H16ClN3O3S/c1-8(2)17-7-13(9(3)15-17)21(19,20)16-11-6-10(14)4-5-12(11)18/h4-8,16,18H,1-3H3. The molecule has 1 aromatic carbocycles. The van der Waals surface area contributed by atoms with Gasteiger partial charge in [-0.25, -0.2) is 8.42 Å². The van der Waals surface area contributed by atoms with Gasteiger partial charge in [0.05, 0.1) is 11.4 Å². The summed E-state index contributed by atoms with van der Waals surface area (Å²) in [7, 11) is -3.85. The van der Waals surface area contributed by atoms with Crippen molar-refractivity contribution in [2.75, 3.05) is 4.72 Å². The lowest BCUT2D eigenvalue weighted by atomic mass is 10.3. The number of anilines is 1. The van der Waals surface area contributed by atoms with Gasteiger partial charge in [0, 0.05) is 17.3 Å². The molecule has 21 heavy (non-hydrogen) atoms. The van der Waals surface area contributed by atoms with Gasteiger partial charge in [-0.05, 0) is 39.0 Å². The van der Waals surface area contributed by atoms with E-state index in [4.69, 9.17) is 11.6 Å². The monoisotopic (exact) mass is 329 g/mol. The van der Waals surface area contributed by atoms with Crippen molar-refractivity contribution in [1.82, 2.24) is 9.78 Å². The number of hydrogen-bond donors (Lipinski definition) is 2. The summed E-state index contributed by atoms with van der Waals surface area (Å²) in [5.74, 6) is -0.197. The average molecular weight is 330 g/mol. The normalized spacial score (nSPS) is 11.9. The number of rotatable bonds is 4. The number of phenols is 1. The minimum absolute atomic E-state index is 0.0270. The van der Waals surface area contributed by atoms with Gasteiger partial charge in [-0.3, -0.25) is 9.40 Å². The van der Waals surface area contributed by atoms with Crippen LogP contribution >= 0.6 is 11.6 Å². The molecule has 1 heterocycles. The molecular formula is C13H16ClN3O3S. The van der Waals surface area contributed by atoms with Crippen molar-refractivity contribution in [2.24, 2.45) is 0 Å². The molecular weight excluding hydrogens is 314 g/mol. The van der Waals surface area contributed by atoms with Crippen LogP contribution in [0.4, 0.5) is 5.69 Å². The third kappa shape index (κ3) is 3.30. The van der Waals surface area contributed by atoms with Gasteiger partial charge in [-0.2, -0.15) is 5.10 Å². The quantitative estimate of drug-likeness (QED) is 0.845. The van der Waals surface area contributed by atoms with Crippen molar-refractivity contribution in [2.45, 2.75) is 31.7 Å². The molecule has 0 aliphatic rings. The zero-order valence-corrected chi connectivity index (χ0v) is 13.4. The van der Waals surface area contributed by atoms with Crippen molar-refractivity contribution in [1.29, 1.82) is 0 Å². The van der Waals surface area contributed by atoms with E-state index in [0.29, 0.717) is 10.7 Å². The van der Waals surface area contributed by atoms with Crippen molar-refractivity contribution in [3.63, 3.8) is 0 Å². The molecule has 8 heteroatoms. The number of aryl methyl sites for hydroxylation is 1. The molecule has 1 aromatic heterocycles. The van der Waals surface area contributed by atoms with Gasteiger partial charge in [0.25, 0.3) is 10.0 Å². The summed E-state index contributed by atoms with van der Waals surface area (Å²) < 4.78 is 28.7. The molecule has 0 aliphatic heterocycles. The smallest absolute Gasteiger partial charge is 0.265 e. The van der Waals surface area contributed by atoms with E-state index in [1.807, 2.05) is 13.8 Å². The number of sulfonamides is 1. The first-order chi connectivity index (χ1) is 9.70. The topological polar surface area (TPSA) is 84.2 Å². The van der Waals surface area contributed by atoms with Crippen LogP contribution in [-0.2, 0) is 10.0 Å². The van der Waals surface area contributed by atoms with Crippen molar-refractivity contribution in [3.05, 3.63) is 35.1 Å². The van der Waals surface area contributed by atoms with Gasteiger partial charge in [0.2, 0.25) is 0 Å². The van der Waals surface area contributed by atoms with Crippen LogP contribution in [0.25, 0.3) is 0 Å². The van der Waals surface area contributed by atoms with Gasteiger partial charge < -0.3 is 5.11 Å². The van der Waals surface area contributed by atoms with Crippen LogP contribution < -0.4 is 4.72 Å². The Morgan fingerprint density at radius 3 is 2.62 bits per heavy atom. The molecule has 0 saturated carbocycles. The number of phenolic OH excluding ortho intramolecular Hbond substituents is 1. The first-order valence-electron chi connectivity index (χ1n) is 6.28. The van der Waals surface area contributed by atoms with Gasteiger partial charge in [0.15, 0.2) is 0 Å².